The molecule has 1 aliphatic heterocycles. The van der Waals surface area contributed by atoms with Gasteiger partial charge >= 0.3 is 0 Å². The quantitative estimate of drug-likeness (QED) is 0.898. The van der Waals surface area contributed by atoms with E-state index < -0.39 is 0 Å². The number of fused-ring (bicyclic) bond motifs is 1. The molecule has 3 rings (SSSR count). The molecule has 0 fully saturated rings. The summed E-state index contributed by atoms with van der Waals surface area (Å²) < 4.78 is 0. The summed E-state index contributed by atoms with van der Waals surface area (Å²) in [6, 6.07) is 9.77. The molecule has 0 radical (unpaired) electrons. The molecule has 1 aromatic heterocycles. The van der Waals surface area contributed by atoms with Gasteiger partial charge in [0.15, 0.2) is 0 Å². The van der Waals surface area contributed by atoms with Crippen LogP contribution in [0.3, 0.4) is 0 Å². The van der Waals surface area contributed by atoms with E-state index in [9.17, 15) is 4.79 Å². The van der Waals surface area contributed by atoms with E-state index in [0.717, 1.165) is 24.3 Å². The summed E-state index contributed by atoms with van der Waals surface area (Å²) in [6.45, 7) is 3.50. The van der Waals surface area contributed by atoms with Gasteiger partial charge in [-0.1, -0.05) is 12.1 Å². The monoisotopic (exact) mass is 267 g/mol. The number of nitrogens with zero attached hydrogens (tertiary/aromatic N) is 1. The van der Waals surface area contributed by atoms with Crippen LogP contribution in [0.15, 0.2) is 36.5 Å². The molecule has 0 atom stereocenters. The predicted molar refractivity (Wildman–Crippen MR) is 79.9 cm³/mol. The molecule has 2 N–H and O–H groups in total. The number of rotatable bonds is 3. The molecule has 1 amide bonds. The van der Waals surface area contributed by atoms with Crippen molar-refractivity contribution in [2.75, 3.05) is 18.4 Å². The van der Waals surface area contributed by atoms with E-state index >= 15 is 0 Å². The van der Waals surface area contributed by atoms with Gasteiger partial charge in [0.05, 0.1) is 0 Å². The van der Waals surface area contributed by atoms with Gasteiger partial charge in [-0.3, -0.25) is 4.79 Å². The van der Waals surface area contributed by atoms with Gasteiger partial charge in [0.1, 0.15) is 5.82 Å². The summed E-state index contributed by atoms with van der Waals surface area (Å²) in [5.41, 5.74) is 4.28. The maximum absolute atomic E-state index is 11.7. The van der Waals surface area contributed by atoms with Crippen LogP contribution in [0, 0.1) is 0 Å². The lowest BCUT2D eigenvalue weighted by atomic mass is 9.99. The molecule has 0 saturated heterocycles. The topological polar surface area (TPSA) is 54.0 Å². The lowest BCUT2D eigenvalue weighted by Gasteiger charge is -2.08. The Morgan fingerprint density at radius 3 is 2.85 bits per heavy atom. The first-order valence-corrected chi connectivity index (χ1v) is 6.90. The molecule has 4 nitrogen and oxygen atoms in total. The minimum atomic E-state index is -0.0272. The third kappa shape index (κ3) is 2.25. The number of carbonyl (C=O) groups excluding carboxylic acids is 1. The smallest absolute Gasteiger partial charge is 0.251 e. The summed E-state index contributed by atoms with van der Waals surface area (Å²) in [4.78, 5) is 16.1. The number of anilines is 1. The van der Waals surface area contributed by atoms with Crippen LogP contribution >= 0.6 is 0 Å². The van der Waals surface area contributed by atoms with E-state index in [4.69, 9.17) is 0 Å². The Morgan fingerprint density at radius 2 is 2.10 bits per heavy atom. The molecule has 0 unspecified atom stereocenters. The van der Waals surface area contributed by atoms with Crippen LogP contribution in [-0.4, -0.2) is 24.0 Å². The van der Waals surface area contributed by atoms with Crippen LogP contribution in [0.1, 0.15) is 22.8 Å². The molecule has 0 saturated carbocycles. The second-order valence-electron chi connectivity index (χ2n) is 4.80. The minimum absolute atomic E-state index is 0.0272. The summed E-state index contributed by atoms with van der Waals surface area (Å²) in [5.74, 6) is 0.955. The molecule has 0 aliphatic carbocycles. The Kier molecular flexibility index (Phi) is 3.37. The van der Waals surface area contributed by atoms with Gasteiger partial charge in [-0.2, -0.15) is 0 Å². The first kappa shape index (κ1) is 12.7. The maximum Gasteiger partial charge on any atom is 0.251 e. The first-order valence-electron chi connectivity index (χ1n) is 6.90. The Bertz CT molecular complexity index is 635. The number of pyridine rings is 1. The van der Waals surface area contributed by atoms with Crippen LogP contribution in [0.2, 0.25) is 0 Å². The molecule has 2 heterocycles. The molecule has 4 heteroatoms. The van der Waals surface area contributed by atoms with E-state index in [2.05, 4.69) is 15.6 Å². The van der Waals surface area contributed by atoms with Crippen molar-refractivity contribution >= 4 is 11.7 Å². The fraction of sp³-hybridized carbons (Fsp3) is 0.250. The van der Waals surface area contributed by atoms with Crippen molar-refractivity contribution < 1.29 is 4.79 Å². The Balaban J connectivity index is 1.92. The van der Waals surface area contributed by atoms with Crippen molar-refractivity contribution in [2.24, 2.45) is 0 Å². The summed E-state index contributed by atoms with van der Waals surface area (Å²) >= 11 is 0. The molecule has 0 bridgehead atoms. The van der Waals surface area contributed by atoms with Crippen LogP contribution < -0.4 is 10.6 Å². The van der Waals surface area contributed by atoms with E-state index in [0.29, 0.717) is 12.1 Å². The Morgan fingerprint density at radius 1 is 1.30 bits per heavy atom. The average molecular weight is 267 g/mol. The normalized spacial score (nSPS) is 12.7. The van der Waals surface area contributed by atoms with Gasteiger partial charge in [-0.05, 0) is 42.7 Å². The third-order valence-electron chi connectivity index (χ3n) is 3.52. The van der Waals surface area contributed by atoms with E-state index in [-0.39, 0.29) is 5.91 Å². The fourth-order valence-corrected chi connectivity index (χ4v) is 2.54. The van der Waals surface area contributed by atoms with Crippen LogP contribution in [0.5, 0.6) is 0 Å². The van der Waals surface area contributed by atoms with E-state index in [1.165, 1.54) is 11.1 Å². The van der Waals surface area contributed by atoms with Crippen molar-refractivity contribution in [1.29, 1.82) is 0 Å². The standard InChI is InChI=1S/C16H17N3O/c1-2-17-16(20)12-5-3-11(4-6-12)13-7-9-18-15-14(13)8-10-19-15/h3-7,9H,2,8,10H2,1H3,(H,17,20)(H,18,19). The van der Waals surface area contributed by atoms with Crippen molar-refractivity contribution in [3.8, 4) is 11.1 Å². The molecule has 20 heavy (non-hydrogen) atoms. The fourth-order valence-electron chi connectivity index (χ4n) is 2.54. The second kappa shape index (κ2) is 5.33. The molecular weight excluding hydrogens is 250 g/mol. The third-order valence-corrected chi connectivity index (χ3v) is 3.52. The SMILES string of the molecule is CCNC(=O)c1ccc(-c2ccnc3c2CCN3)cc1. The van der Waals surface area contributed by atoms with Gasteiger partial charge in [-0.15, -0.1) is 0 Å². The highest BCUT2D eigenvalue weighted by molar-refractivity contribution is 5.94. The van der Waals surface area contributed by atoms with Crippen molar-refractivity contribution in [2.45, 2.75) is 13.3 Å². The van der Waals surface area contributed by atoms with Gasteiger partial charge in [0, 0.05) is 30.4 Å². The zero-order chi connectivity index (χ0) is 13.9. The molecule has 0 spiro atoms. The number of carbonyl (C=O) groups is 1. The maximum atomic E-state index is 11.7. The summed E-state index contributed by atoms with van der Waals surface area (Å²) in [5, 5.41) is 6.09. The number of hydrogen-bond acceptors (Lipinski definition) is 3. The number of aromatic nitrogens is 1. The highest BCUT2D eigenvalue weighted by Gasteiger charge is 2.16. The van der Waals surface area contributed by atoms with Gasteiger partial charge in [0.2, 0.25) is 0 Å². The number of amides is 1. The number of benzene rings is 1. The molecule has 1 aromatic carbocycles. The molecule has 102 valence electrons. The largest absolute Gasteiger partial charge is 0.369 e. The second-order valence-corrected chi connectivity index (χ2v) is 4.80. The lowest BCUT2D eigenvalue weighted by molar-refractivity contribution is 0.0956. The minimum Gasteiger partial charge on any atom is -0.369 e. The van der Waals surface area contributed by atoms with Crippen molar-refractivity contribution in [3.63, 3.8) is 0 Å². The Hall–Kier alpha value is -2.36. The molecule has 2 aromatic rings. The molecular formula is C16H17N3O. The summed E-state index contributed by atoms with van der Waals surface area (Å²) in [7, 11) is 0. The predicted octanol–water partition coefficient (Wildman–Crippen LogP) is 2.47. The van der Waals surface area contributed by atoms with Gasteiger partial charge < -0.3 is 10.6 Å². The van der Waals surface area contributed by atoms with Crippen LogP contribution in [0.4, 0.5) is 5.82 Å². The van der Waals surface area contributed by atoms with E-state index in [1.807, 2.05) is 43.5 Å². The van der Waals surface area contributed by atoms with E-state index in [1.54, 1.807) is 0 Å². The highest BCUT2D eigenvalue weighted by Crippen LogP contribution is 2.31. The first-order chi connectivity index (χ1) is 9.79. The number of hydrogen-bond donors (Lipinski definition) is 2. The van der Waals surface area contributed by atoms with Crippen molar-refractivity contribution in [1.82, 2.24) is 10.3 Å². The summed E-state index contributed by atoms with van der Waals surface area (Å²) in [6.07, 6.45) is 2.82. The average Bonchev–Trinajstić information content (AvgIpc) is 2.96. The molecule has 1 aliphatic rings. The highest BCUT2D eigenvalue weighted by atomic mass is 16.1. The van der Waals surface area contributed by atoms with Crippen molar-refractivity contribution in [3.05, 3.63) is 47.7 Å². The number of nitrogens with one attached hydrogen (secondary N) is 2. The van der Waals surface area contributed by atoms with Gasteiger partial charge in [0.25, 0.3) is 5.91 Å². The van der Waals surface area contributed by atoms with Crippen LogP contribution in [0.25, 0.3) is 11.1 Å². The van der Waals surface area contributed by atoms with Crippen LogP contribution in [-0.2, 0) is 6.42 Å². The zero-order valence-corrected chi connectivity index (χ0v) is 11.4. The zero-order valence-electron chi connectivity index (χ0n) is 11.4. The lowest BCUT2D eigenvalue weighted by Crippen LogP contribution is -2.22. The Labute approximate surface area is 118 Å². The van der Waals surface area contributed by atoms with Gasteiger partial charge in [-0.25, -0.2) is 4.98 Å².